The van der Waals surface area contributed by atoms with Crippen LogP contribution in [0, 0.1) is 5.92 Å². The van der Waals surface area contributed by atoms with Gasteiger partial charge in [-0.25, -0.2) is 4.79 Å². The molecule has 0 spiro atoms. The summed E-state index contributed by atoms with van der Waals surface area (Å²) in [5.74, 6) is -0.168. The van der Waals surface area contributed by atoms with Crippen molar-refractivity contribution in [3.8, 4) is 0 Å². The van der Waals surface area contributed by atoms with Crippen molar-refractivity contribution in [2.45, 2.75) is 19.4 Å². The second-order valence-corrected chi connectivity index (χ2v) is 6.22. The highest BCUT2D eigenvalue weighted by Crippen LogP contribution is 2.41. The van der Waals surface area contributed by atoms with Crippen molar-refractivity contribution in [1.82, 2.24) is 4.90 Å². The topological polar surface area (TPSA) is 84.7 Å². The van der Waals surface area contributed by atoms with Crippen LogP contribution in [0.5, 0.6) is 0 Å². The SMILES string of the molecule is COC(=O)c1c(NC2CC2C)sc(C(=O)N(C)C)c1N. The third-order valence-corrected chi connectivity index (χ3v) is 4.49. The highest BCUT2D eigenvalue weighted by Gasteiger charge is 2.35. The van der Waals surface area contributed by atoms with Crippen LogP contribution < -0.4 is 11.1 Å². The molecule has 0 aliphatic heterocycles. The van der Waals surface area contributed by atoms with Crippen molar-refractivity contribution in [3.05, 3.63) is 10.4 Å². The van der Waals surface area contributed by atoms with Gasteiger partial charge in [-0.15, -0.1) is 11.3 Å². The number of nitrogen functional groups attached to an aromatic ring is 1. The molecule has 1 saturated carbocycles. The highest BCUT2D eigenvalue weighted by molar-refractivity contribution is 7.19. The lowest BCUT2D eigenvalue weighted by Crippen LogP contribution is -2.21. The van der Waals surface area contributed by atoms with E-state index in [2.05, 4.69) is 12.2 Å². The van der Waals surface area contributed by atoms with Crippen molar-refractivity contribution in [2.24, 2.45) is 5.92 Å². The molecule has 1 amide bonds. The van der Waals surface area contributed by atoms with Gasteiger partial charge in [0.2, 0.25) is 0 Å². The van der Waals surface area contributed by atoms with Gasteiger partial charge in [0, 0.05) is 20.1 Å². The predicted octanol–water partition coefficient (Wildman–Crippen LogP) is 1.64. The average molecular weight is 297 g/mol. The first kappa shape index (κ1) is 14.6. The number of nitrogens with zero attached hydrogens (tertiary/aromatic N) is 1. The summed E-state index contributed by atoms with van der Waals surface area (Å²) >= 11 is 1.21. The number of nitrogens with one attached hydrogen (secondary N) is 1. The Morgan fingerprint density at radius 3 is 2.50 bits per heavy atom. The van der Waals surface area contributed by atoms with E-state index in [0.29, 0.717) is 21.8 Å². The van der Waals surface area contributed by atoms with Crippen LogP contribution in [0.1, 0.15) is 33.4 Å². The van der Waals surface area contributed by atoms with Gasteiger partial charge in [-0.05, 0) is 12.3 Å². The Kier molecular flexibility index (Phi) is 3.89. The van der Waals surface area contributed by atoms with Crippen molar-refractivity contribution in [2.75, 3.05) is 32.3 Å². The van der Waals surface area contributed by atoms with E-state index in [4.69, 9.17) is 10.5 Å². The smallest absolute Gasteiger partial charge is 0.343 e. The molecule has 7 heteroatoms. The molecular weight excluding hydrogens is 278 g/mol. The number of carbonyl (C=O) groups excluding carboxylic acids is 2. The summed E-state index contributed by atoms with van der Waals surface area (Å²) in [6.07, 6.45) is 1.05. The van der Waals surface area contributed by atoms with Gasteiger partial charge in [0.15, 0.2) is 0 Å². The third kappa shape index (κ3) is 2.58. The lowest BCUT2D eigenvalue weighted by Gasteiger charge is -2.08. The number of carbonyl (C=O) groups is 2. The molecule has 0 aromatic carbocycles. The predicted molar refractivity (Wildman–Crippen MR) is 79.3 cm³/mol. The third-order valence-electron chi connectivity index (χ3n) is 3.36. The number of anilines is 2. The van der Waals surface area contributed by atoms with Crippen molar-refractivity contribution in [1.29, 1.82) is 0 Å². The first-order valence-corrected chi connectivity index (χ1v) is 7.17. The Morgan fingerprint density at radius 1 is 1.45 bits per heavy atom. The van der Waals surface area contributed by atoms with E-state index in [0.717, 1.165) is 6.42 Å². The Balaban J connectivity index is 2.40. The molecule has 2 unspecified atom stereocenters. The van der Waals surface area contributed by atoms with Crippen LogP contribution in [0.4, 0.5) is 10.7 Å². The van der Waals surface area contributed by atoms with Crippen LogP contribution in [0.15, 0.2) is 0 Å². The number of hydrogen-bond donors (Lipinski definition) is 2. The molecule has 1 aliphatic rings. The van der Waals surface area contributed by atoms with E-state index < -0.39 is 5.97 Å². The zero-order valence-corrected chi connectivity index (χ0v) is 12.8. The molecular formula is C13H19N3O3S. The average Bonchev–Trinajstić information content (AvgIpc) is 2.98. The number of nitrogens with two attached hydrogens (primary N) is 1. The molecule has 1 aliphatic carbocycles. The fourth-order valence-corrected chi connectivity index (χ4v) is 3.10. The zero-order chi connectivity index (χ0) is 15.0. The molecule has 0 radical (unpaired) electrons. The summed E-state index contributed by atoms with van der Waals surface area (Å²) in [6, 6.07) is 0.332. The molecule has 6 nitrogen and oxygen atoms in total. The maximum Gasteiger partial charge on any atom is 0.343 e. The molecule has 0 saturated heterocycles. The van der Waals surface area contributed by atoms with Gasteiger partial charge in [0.25, 0.3) is 5.91 Å². The van der Waals surface area contributed by atoms with Crippen LogP contribution in [0.25, 0.3) is 0 Å². The molecule has 110 valence electrons. The number of methoxy groups -OCH3 is 1. The maximum atomic E-state index is 12.1. The molecule has 1 fully saturated rings. The first-order valence-electron chi connectivity index (χ1n) is 6.35. The number of rotatable bonds is 4. The van der Waals surface area contributed by atoms with E-state index in [1.807, 2.05) is 0 Å². The van der Waals surface area contributed by atoms with E-state index in [1.54, 1.807) is 14.1 Å². The molecule has 1 aromatic heterocycles. The van der Waals surface area contributed by atoms with Crippen LogP contribution in [-0.4, -0.2) is 44.0 Å². The van der Waals surface area contributed by atoms with Gasteiger partial charge in [-0.2, -0.15) is 0 Å². The fourth-order valence-electron chi connectivity index (χ4n) is 1.90. The molecule has 1 heterocycles. The molecule has 1 aromatic rings. The fraction of sp³-hybridized carbons (Fsp3) is 0.538. The van der Waals surface area contributed by atoms with Crippen LogP contribution >= 0.6 is 11.3 Å². The standard InChI is InChI=1S/C13H19N3O3S/c1-6-5-7(6)15-11-8(13(18)19-4)9(14)10(20-11)12(17)16(2)3/h6-7,15H,5,14H2,1-4H3. The largest absolute Gasteiger partial charge is 0.465 e. The van der Waals surface area contributed by atoms with Crippen LogP contribution in [0.2, 0.25) is 0 Å². The second kappa shape index (κ2) is 5.32. The lowest BCUT2D eigenvalue weighted by atomic mass is 10.2. The maximum absolute atomic E-state index is 12.1. The van der Waals surface area contributed by atoms with Crippen molar-refractivity contribution < 1.29 is 14.3 Å². The van der Waals surface area contributed by atoms with E-state index in [1.165, 1.54) is 23.3 Å². The summed E-state index contributed by atoms with van der Waals surface area (Å²) in [5, 5.41) is 3.89. The zero-order valence-electron chi connectivity index (χ0n) is 12.0. The Hall–Kier alpha value is -1.76. The van der Waals surface area contributed by atoms with Crippen molar-refractivity contribution >= 4 is 33.9 Å². The number of ether oxygens (including phenoxy) is 1. The van der Waals surface area contributed by atoms with Gasteiger partial charge in [0.1, 0.15) is 15.4 Å². The van der Waals surface area contributed by atoms with Gasteiger partial charge >= 0.3 is 5.97 Å². The van der Waals surface area contributed by atoms with E-state index in [-0.39, 0.29) is 17.2 Å². The Bertz CT molecular complexity index is 553. The number of thiophene rings is 1. The van der Waals surface area contributed by atoms with Crippen LogP contribution in [-0.2, 0) is 4.74 Å². The van der Waals surface area contributed by atoms with Gasteiger partial charge < -0.3 is 20.7 Å². The van der Waals surface area contributed by atoms with Gasteiger partial charge in [-0.3, -0.25) is 4.79 Å². The summed E-state index contributed by atoms with van der Waals surface area (Å²) in [7, 11) is 4.60. The first-order chi connectivity index (χ1) is 9.36. The molecule has 20 heavy (non-hydrogen) atoms. The number of amides is 1. The van der Waals surface area contributed by atoms with Gasteiger partial charge in [0.05, 0.1) is 12.8 Å². The minimum absolute atomic E-state index is 0.191. The second-order valence-electron chi connectivity index (χ2n) is 5.20. The summed E-state index contributed by atoms with van der Waals surface area (Å²) < 4.78 is 4.76. The summed E-state index contributed by atoms with van der Waals surface area (Å²) in [5.41, 5.74) is 6.43. The molecule has 2 atom stereocenters. The summed E-state index contributed by atoms with van der Waals surface area (Å²) in [6.45, 7) is 2.12. The molecule has 2 rings (SSSR count). The lowest BCUT2D eigenvalue weighted by molar-refractivity contribution is 0.0603. The number of hydrogen-bond acceptors (Lipinski definition) is 6. The number of esters is 1. The monoisotopic (exact) mass is 297 g/mol. The normalized spacial score (nSPS) is 20.4. The Morgan fingerprint density at radius 2 is 2.05 bits per heavy atom. The minimum atomic E-state index is -0.521. The molecule has 0 bridgehead atoms. The van der Waals surface area contributed by atoms with E-state index >= 15 is 0 Å². The van der Waals surface area contributed by atoms with Crippen LogP contribution in [0.3, 0.4) is 0 Å². The molecule has 3 N–H and O–H groups in total. The minimum Gasteiger partial charge on any atom is -0.465 e. The summed E-state index contributed by atoms with van der Waals surface area (Å²) in [4.78, 5) is 25.8. The highest BCUT2D eigenvalue weighted by atomic mass is 32.1. The van der Waals surface area contributed by atoms with E-state index in [9.17, 15) is 9.59 Å². The van der Waals surface area contributed by atoms with Crippen molar-refractivity contribution in [3.63, 3.8) is 0 Å². The Labute approximate surface area is 121 Å². The van der Waals surface area contributed by atoms with Gasteiger partial charge in [-0.1, -0.05) is 6.92 Å². The quantitative estimate of drug-likeness (QED) is 0.825.